The van der Waals surface area contributed by atoms with Crippen LogP contribution in [-0.2, 0) is 0 Å². The second-order valence-corrected chi connectivity index (χ2v) is 3.62. The lowest BCUT2D eigenvalue weighted by atomic mass is 9.82. The molecule has 0 bridgehead atoms. The third kappa shape index (κ3) is 0.218. The largest absolute Gasteiger partial charge is 0.393 e. The van der Waals surface area contributed by atoms with Gasteiger partial charge in [-0.3, -0.25) is 0 Å². The monoisotopic (exact) mass is 110 g/mol. The summed E-state index contributed by atoms with van der Waals surface area (Å²) >= 11 is 0. The molecule has 0 aromatic carbocycles. The molecule has 0 aromatic heterocycles. The van der Waals surface area contributed by atoms with E-state index in [1.807, 2.05) is 0 Å². The third-order valence-electron chi connectivity index (χ3n) is 3.40. The van der Waals surface area contributed by atoms with Crippen molar-refractivity contribution in [1.82, 2.24) is 0 Å². The first-order chi connectivity index (χ1) is 3.88. The Morgan fingerprint density at radius 1 is 1.12 bits per heavy atom. The van der Waals surface area contributed by atoms with E-state index in [0.717, 1.165) is 30.1 Å². The van der Waals surface area contributed by atoms with Crippen LogP contribution < -0.4 is 0 Å². The molecule has 0 saturated heterocycles. The van der Waals surface area contributed by atoms with Crippen molar-refractivity contribution >= 4 is 0 Å². The molecule has 0 aliphatic heterocycles. The van der Waals surface area contributed by atoms with Gasteiger partial charge in [0.2, 0.25) is 0 Å². The first kappa shape index (κ1) is 3.89. The van der Waals surface area contributed by atoms with Gasteiger partial charge in [-0.2, -0.15) is 0 Å². The molecule has 3 aliphatic carbocycles. The van der Waals surface area contributed by atoms with Crippen LogP contribution in [0.5, 0.6) is 0 Å². The topological polar surface area (TPSA) is 20.2 Å². The van der Waals surface area contributed by atoms with Crippen LogP contribution in [0.2, 0.25) is 0 Å². The molecule has 3 saturated carbocycles. The number of hydrogen-bond acceptors (Lipinski definition) is 1. The van der Waals surface area contributed by atoms with E-state index in [0.29, 0.717) is 0 Å². The number of aliphatic hydroxyl groups is 1. The summed E-state index contributed by atoms with van der Waals surface area (Å²) in [7, 11) is 0. The SMILES string of the molecule is O[C@@H]1C[C@H]2C[C@H]3C2[C@@H]13. The maximum absolute atomic E-state index is 9.24. The van der Waals surface area contributed by atoms with Crippen LogP contribution in [0.25, 0.3) is 0 Å². The van der Waals surface area contributed by atoms with E-state index in [2.05, 4.69) is 0 Å². The number of hydrogen-bond donors (Lipinski definition) is 1. The van der Waals surface area contributed by atoms with Crippen LogP contribution in [0.15, 0.2) is 0 Å². The molecule has 1 N–H and O–H groups in total. The van der Waals surface area contributed by atoms with Gasteiger partial charge in [0.05, 0.1) is 6.10 Å². The quantitative estimate of drug-likeness (QED) is 0.485. The van der Waals surface area contributed by atoms with Crippen LogP contribution in [0.4, 0.5) is 0 Å². The summed E-state index contributed by atoms with van der Waals surface area (Å²) in [4.78, 5) is 0. The van der Waals surface area contributed by atoms with Crippen LogP contribution in [0.3, 0.4) is 0 Å². The van der Waals surface area contributed by atoms with Crippen molar-refractivity contribution in [1.29, 1.82) is 0 Å². The molecule has 1 nitrogen and oxygen atoms in total. The molecule has 0 spiro atoms. The zero-order chi connectivity index (χ0) is 5.30. The Kier molecular flexibility index (Phi) is 0.418. The van der Waals surface area contributed by atoms with E-state index in [4.69, 9.17) is 0 Å². The molecule has 44 valence electrons. The Bertz CT molecular complexity index is 141. The molecule has 0 radical (unpaired) electrons. The zero-order valence-electron chi connectivity index (χ0n) is 4.75. The maximum atomic E-state index is 9.24. The van der Waals surface area contributed by atoms with Crippen molar-refractivity contribution < 1.29 is 5.11 Å². The molecule has 8 heavy (non-hydrogen) atoms. The standard InChI is InChI=1S/C7H10O/c8-5-2-3-1-4-6(3)7(4)5/h3-8H,1-2H2/t3-,4+,5-,6?,7-/m1/s1. The fourth-order valence-corrected chi connectivity index (χ4v) is 2.98. The minimum Gasteiger partial charge on any atom is -0.393 e. The van der Waals surface area contributed by atoms with Crippen LogP contribution in [0.1, 0.15) is 12.8 Å². The minimum absolute atomic E-state index is 0.115. The second kappa shape index (κ2) is 0.860. The molecule has 0 heterocycles. The highest BCUT2D eigenvalue weighted by Crippen LogP contribution is 2.72. The summed E-state index contributed by atoms with van der Waals surface area (Å²) in [5.41, 5.74) is 0. The zero-order valence-corrected chi connectivity index (χ0v) is 4.75. The van der Waals surface area contributed by atoms with Gasteiger partial charge in [0.1, 0.15) is 0 Å². The summed E-state index contributed by atoms with van der Waals surface area (Å²) in [6.07, 6.45) is 2.70. The lowest BCUT2D eigenvalue weighted by Gasteiger charge is -2.25. The van der Waals surface area contributed by atoms with Crippen molar-refractivity contribution in [3.8, 4) is 0 Å². The van der Waals surface area contributed by atoms with Gasteiger partial charge in [0.25, 0.3) is 0 Å². The van der Waals surface area contributed by atoms with Crippen molar-refractivity contribution in [3.05, 3.63) is 0 Å². The van der Waals surface area contributed by atoms with Crippen LogP contribution in [0, 0.1) is 23.7 Å². The van der Waals surface area contributed by atoms with Gasteiger partial charge in [-0.25, -0.2) is 0 Å². The van der Waals surface area contributed by atoms with Gasteiger partial charge < -0.3 is 5.11 Å². The molecule has 0 aromatic rings. The van der Waals surface area contributed by atoms with Gasteiger partial charge in [-0.05, 0) is 36.5 Å². The van der Waals surface area contributed by atoms with Gasteiger partial charge in [-0.15, -0.1) is 0 Å². The summed E-state index contributed by atoms with van der Waals surface area (Å²) in [6, 6.07) is 0. The van der Waals surface area contributed by atoms with Gasteiger partial charge in [0.15, 0.2) is 0 Å². The average Bonchev–Trinajstić information content (AvgIpc) is 2.20. The number of aliphatic hydroxyl groups excluding tert-OH is 1. The highest BCUT2D eigenvalue weighted by Gasteiger charge is 2.69. The highest BCUT2D eigenvalue weighted by molar-refractivity contribution is 5.18. The van der Waals surface area contributed by atoms with E-state index in [1.165, 1.54) is 6.42 Å². The molecule has 3 rings (SSSR count). The molecular weight excluding hydrogens is 100 g/mol. The Morgan fingerprint density at radius 3 is 2.25 bits per heavy atom. The maximum Gasteiger partial charge on any atom is 0.0576 e. The lowest BCUT2D eigenvalue weighted by Crippen LogP contribution is -2.21. The number of rotatable bonds is 0. The second-order valence-electron chi connectivity index (χ2n) is 3.62. The molecule has 1 unspecified atom stereocenters. The average molecular weight is 110 g/mol. The molecule has 1 heteroatoms. The summed E-state index contributed by atoms with van der Waals surface area (Å²) in [5.74, 6) is 3.73. The van der Waals surface area contributed by atoms with Crippen molar-refractivity contribution in [2.24, 2.45) is 23.7 Å². The normalized spacial score (nSPS) is 73.9. The van der Waals surface area contributed by atoms with Crippen LogP contribution in [-0.4, -0.2) is 11.2 Å². The fraction of sp³-hybridized carbons (Fsp3) is 1.00. The molecule has 0 amide bonds. The molecular formula is C7H10O. The van der Waals surface area contributed by atoms with E-state index < -0.39 is 0 Å². The summed E-state index contributed by atoms with van der Waals surface area (Å²) in [6.45, 7) is 0. The third-order valence-corrected chi connectivity index (χ3v) is 3.40. The van der Waals surface area contributed by atoms with Gasteiger partial charge in [0, 0.05) is 0 Å². The van der Waals surface area contributed by atoms with Crippen molar-refractivity contribution in [2.75, 3.05) is 0 Å². The Labute approximate surface area is 48.7 Å². The first-order valence-electron chi connectivity index (χ1n) is 3.56. The fourth-order valence-electron chi connectivity index (χ4n) is 2.98. The number of fused-ring (bicyclic) bond motifs is 1. The van der Waals surface area contributed by atoms with Crippen LogP contribution >= 0.6 is 0 Å². The Morgan fingerprint density at radius 2 is 2.00 bits per heavy atom. The molecule has 3 fully saturated rings. The Balaban J connectivity index is 1.99. The molecule has 5 atom stereocenters. The van der Waals surface area contributed by atoms with Gasteiger partial charge in [-0.1, -0.05) is 0 Å². The van der Waals surface area contributed by atoms with Crippen molar-refractivity contribution in [3.63, 3.8) is 0 Å². The van der Waals surface area contributed by atoms with E-state index >= 15 is 0 Å². The minimum atomic E-state index is 0.115. The van der Waals surface area contributed by atoms with E-state index in [1.54, 1.807) is 0 Å². The highest BCUT2D eigenvalue weighted by atomic mass is 16.3. The van der Waals surface area contributed by atoms with E-state index in [9.17, 15) is 5.11 Å². The van der Waals surface area contributed by atoms with Gasteiger partial charge >= 0.3 is 0 Å². The summed E-state index contributed by atoms with van der Waals surface area (Å²) in [5, 5.41) is 9.24. The smallest absolute Gasteiger partial charge is 0.0576 e. The predicted octanol–water partition coefficient (Wildman–Crippen LogP) is 0.633. The van der Waals surface area contributed by atoms with E-state index in [-0.39, 0.29) is 6.10 Å². The Hall–Kier alpha value is -0.0400. The lowest BCUT2D eigenvalue weighted by molar-refractivity contribution is 0.107. The van der Waals surface area contributed by atoms with Crippen molar-refractivity contribution in [2.45, 2.75) is 18.9 Å². The first-order valence-corrected chi connectivity index (χ1v) is 3.56. The summed E-state index contributed by atoms with van der Waals surface area (Å²) < 4.78 is 0. The predicted molar refractivity (Wildman–Crippen MR) is 29.2 cm³/mol. The molecule has 3 aliphatic rings.